The van der Waals surface area contributed by atoms with Crippen LogP contribution in [-0.4, -0.2) is 9.00 Å². The summed E-state index contributed by atoms with van der Waals surface area (Å²) >= 11 is 3.80. The molecule has 1 heterocycles. The van der Waals surface area contributed by atoms with E-state index in [1.807, 2.05) is 29.6 Å². The van der Waals surface area contributed by atoms with Crippen molar-refractivity contribution in [3.05, 3.63) is 120 Å². The number of thioether (sulfide) groups is 2. The average molecular weight is 426 g/mol. The lowest BCUT2D eigenvalue weighted by Gasteiger charge is -2.22. The molecule has 3 aliphatic rings. The molecule has 0 unspecified atom stereocenters. The summed E-state index contributed by atoms with van der Waals surface area (Å²) in [5.74, 6) is 0. The zero-order chi connectivity index (χ0) is 20.3. The number of nitro benzene ring substituents is 1. The highest BCUT2D eigenvalue weighted by molar-refractivity contribution is 8.25. The van der Waals surface area contributed by atoms with Crippen molar-refractivity contribution >= 4 is 52.5 Å². The van der Waals surface area contributed by atoms with Gasteiger partial charge in [0.15, 0.2) is 0 Å². The predicted molar refractivity (Wildman–Crippen MR) is 126 cm³/mol. The van der Waals surface area contributed by atoms with E-state index < -0.39 is 0 Å². The van der Waals surface area contributed by atoms with E-state index in [0.29, 0.717) is 0 Å². The smallest absolute Gasteiger partial charge is 0.258 e. The molecule has 0 saturated heterocycles. The van der Waals surface area contributed by atoms with Crippen LogP contribution >= 0.6 is 23.5 Å². The largest absolute Gasteiger partial charge is 0.269 e. The first kappa shape index (κ1) is 17.8. The van der Waals surface area contributed by atoms with Gasteiger partial charge in [0.05, 0.1) is 4.92 Å². The fourth-order valence-corrected chi connectivity index (χ4v) is 7.28. The first-order chi connectivity index (χ1) is 14.7. The second-order valence-electron chi connectivity index (χ2n) is 7.41. The molecule has 144 valence electrons. The number of fused-ring (bicyclic) bond motifs is 4. The normalized spacial score (nSPS) is 17.2. The van der Waals surface area contributed by atoms with Crippen molar-refractivity contribution in [3.8, 4) is 0 Å². The molecule has 30 heavy (non-hydrogen) atoms. The third kappa shape index (κ3) is 2.42. The minimum absolute atomic E-state index is 0.0489. The van der Waals surface area contributed by atoms with Gasteiger partial charge in [0.1, 0.15) is 4.08 Å². The van der Waals surface area contributed by atoms with Crippen molar-refractivity contribution in [2.75, 3.05) is 0 Å². The van der Waals surface area contributed by atoms with Gasteiger partial charge in [-0.3, -0.25) is 10.1 Å². The van der Waals surface area contributed by atoms with Gasteiger partial charge >= 0.3 is 0 Å². The van der Waals surface area contributed by atoms with Crippen molar-refractivity contribution in [1.29, 1.82) is 0 Å². The molecule has 3 aromatic carbocycles. The average Bonchev–Trinajstić information content (AvgIpc) is 3.44. The zero-order valence-corrected chi connectivity index (χ0v) is 17.4. The van der Waals surface area contributed by atoms with Gasteiger partial charge in [0, 0.05) is 12.1 Å². The summed E-state index contributed by atoms with van der Waals surface area (Å²) < 4.78 is -0.0489. The molecule has 0 fully saturated rings. The van der Waals surface area contributed by atoms with E-state index in [2.05, 4.69) is 59.4 Å². The maximum Gasteiger partial charge on any atom is 0.269 e. The summed E-state index contributed by atoms with van der Waals surface area (Å²) in [5, 5.41) is 17.9. The molecule has 3 nitrogen and oxygen atoms in total. The minimum atomic E-state index is -0.375. The lowest BCUT2D eigenvalue weighted by molar-refractivity contribution is -0.384. The summed E-state index contributed by atoms with van der Waals surface area (Å²) in [6.45, 7) is 0. The van der Waals surface area contributed by atoms with Gasteiger partial charge in [-0.2, -0.15) is 0 Å². The summed E-state index contributed by atoms with van der Waals surface area (Å²) in [7, 11) is 0. The highest BCUT2D eigenvalue weighted by Crippen LogP contribution is 2.64. The lowest BCUT2D eigenvalue weighted by atomic mass is 9.98. The zero-order valence-electron chi connectivity index (χ0n) is 15.7. The van der Waals surface area contributed by atoms with Crippen LogP contribution in [0.1, 0.15) is 22.3 Å². The monoisotopic (exact) mass is 425 g/mol. The van der Waals surface area contributed by atoms with E-state index in [1.54, 1.807) is 12.1 Å². The van der Waals surface area contributed by atoms with E-state index in [0.717, 1.165) is 11.1 Å². The van der Waals surface area contributed by atoms with Gasteiger partial charge in [-0.05, 0) is 72.9 Å². The summed E-state index contributed by atoms with van der Waals surface area (Å²) in [5.41, 5.74) is 7.72. The van der Waals surface area contributed by atoms with Gasteiger partial charge in [-0.25, -0.2) is 0 Å². The van der Waals surface area contributed by atoms with Gasteiger partial charge in [-0.1, -0.05) is 48.6 Å². The molecule has 1 spiro atoms. The quantitative estimate of drug-likeness (QED) is 0.331. The second-order valence-corrected chi connectivity index (χ2v) is 9.91. The molecule has 6 rings (SSSR count). The van der Waals surface area contributed by atoms with E-state index in [-0.39, 0.29) is 14.7 Å². The van der Waals surface area contributed by atoms with Crippen LogP contribution in [0.15, 0.2) is 77.5 Å². The Morgan fingerprint density at radius 2 is 1.37 bits per heavy atom. The summed E-state index contributed by atoms with van der Waals surface area (Å²) in [4.78, 5) is 10.5. The molecule has 0 saturated carbocycles. The third-order valence-corrected chi connectivity index (χ3v) is 8.58. The van der Waals surface area contributed by atoms with Crippen molar-refractivity contribution in [3.63, 3.8) is 0 Å². The van der Waals surface area contributed by atoms with Gasteiger partial charge < -0.3 is 0 Å². The first-order valence-corrected chi connectivity index (χ1v) is 11.4. The molecular weight excluding hydrogens is 410 g/mol. The highest BCUT2D eigenvalue weighted by Gasteiger charge is 2.51. The third-order valence-electron chi connectivity index (χ3n) is 5.80. The van der Waals surface area contributed by atoms with Crippen molar-refractivity contribution in [1.82, 2.24) is 0 Å². The maximum absolute atomic E-state index is 10.8. The highest BCUT2D eigenvalue weighted by atomic mass is 32.2. The molecule has 2 bridgehead atoms. The van der Waals surface area contributed by atoms with E-state index >= 15 is 0 Å². The van der Waals surface area contributed by atoms with Crippen LogP contribution < -0.4 is 10.4 Å². The molecular formula is C25H15NO2S2. The van der Waals surface area contributed by atoms with Crippen molar-refractivity contribution in [2.24, 2.45) is 0 Å². The molecule has 5 heteroatoms. The van der Waals surface area contributed by atoms with Crippen LogP contribution in [0.2, 0.25) is 0 Å². The molecule has 2 aliphatic carbocycles. The van der Waals surface area contributed by atoms with Crippen LogP contribution in [0.3, 0.4) is 0 Å². The van der Waals surface area contributed by atoms with Crippen molar-refractivity contribution in [2.45, 2.75) is 4.08 Å². The number of nitrogens with zero attached hydrogens (tertiary/aromatic N) is 1. The Balaban J connectivity index is 1.46. The molecule has 0 N–H and O–H groups in total. The Hall–Kier alpha value is -3.02. The lowest BCUT2D eigenvalue weighted by Crippen LogP contribution is -2.27. The van der Waals surface area contributed by atoms with Crippen molar-refractivity contribution < 1.29 is 4.92 Å². The van der Waals surface area contributed by atoms with E-state index in [9.17, 15) is 10.1 Å². The number of nitro groups is 1. The number of hydrogen-bond donors (Lipinski definition) is 0. The minimum Gasteiger partial charge on any atom is -0.258 e. The number of non-ortho nitro benzene ring substituents is 1. The fraction of sp³-hybridized carbons (Fsp3) is 0.0400. The second kappa shape index (κ2) is 6.49. The Labute approximate surface area is 181 Å². The Morgan fingerprint density at radius 3 is 2.03 bits per heavy atom. The van der Waals surface area contributed by atoms with Crippen LogP contribution in [-0.2, 0) is 0 Å². The maximum atomic E-state index is 10.8. The topological polar surface area (TPSA) is 43.1 Å². The molecule has 0 radical (unpaired) electrons. The number of rotatable bonds is 3. The van der Waals surface area contributed by atoms with Crippen LogP contribution in [0.25, 0.3) is 23.3 Å². The standard InChI is InChI=1S/C25H15NO2S2/c27-26(28)18-10-7-16(8-11-18)5-6-17-9-12-21-22(15-17)24-20-4-2-1-3-19(20)23(21)25(24)29-13-14-30-25/h1-15H/b6-5+. The Morgan fingerprint density at radius 1 is 0.767 bits per heavy atom. The van der Waals surface area contributed by atoms with Crippen LogP contribution in [0.4, 0.5) is 5.69 Å². The Bertz CT molecular complexity index is 1410. The Kier molecular flexibility index (Phi) is 3.85. The van der Waals surface area contributed by atoms with Gasteiger partial charge in [0.25, 0.3) is 5.69 Å². The summed E-state index contributed by atoms with van der Waals surface area (Å²) in [6.07, 6.45) is 4.07. The van der Waals surface area contributed by atoms with Crippen LogP contribution in [0, 0.1) is 10.1 Å². The number of hydrogen-bond acceptors (Lipinski definition) is 4. The molecule has 0 amide bonds. The molecule has 3 aromatic rings. The predicted octanol–water partition coefficient (Wildman–Crippen LogP) is 5.14. The SMILES string of the molecule is O=[N+]([O-])c1ccc(/C=C/c2ccc3c(c2)=C2c4ccccc4C=3C23SC=CS3)cc1. The molecule has 0 aromatic heterocycles. The summed E-state index contributed by atoms with van der Waals surface area (Å²) in [6, 6.07) is 22.0. The fourth-order valence-electron chi connectivity index (χ4n) is 4.54. The first-order valence-electron chi connectivity index (χ1n) is 9.60. The van der Waals surface area contributed by atoms with Gasteiger partial charge in [0.2, 0.25) is 0 Å². The van der Waals surface area contributed by atoms with E-state index in [4.69, 9.17) is 0 Å². The van der Waals surface area contributed by atoms with Gasteiger partial charge in [-0.15, -0.1) is 23.5 Å². The number of benzene rings is 3. The van der Waals surface area contributed by atoms with Crippen LogP contribution in [0.5, 0.6) is 0 Å². The molecule has 1 aliphatic heterocycles. The molecule has 0 atom stereocenters. The van der Waals surface area contributed by atoms with E-state index in [1.165, 1.54) is 44.8 Å².